The van der Waals surface area contributed by atoms with E-state index < -0.39 is 0 Å². The van der Waals surface area contributed by atoms with E-state index in [0.717, 1.165) is 0 Å². The van der Waals surface area contributed by atoms with E-state index in [-0.39, 0.29) is 23.3 Å². The van der Waals surface area contributed by atoms with Crippen LogP contribution >= 0.6 is 0 Å². The smallest absolute Gasteiger partial charge is 0.198 e. The van der Waals surface area contributed by atoms with Gasteiger partial charge in [-0.15, -0.1) is 0 Å². The topological polar surface area (TPSA) is 66.9 Å². The Morgan fingerprint density at radius 1 is 1.64 bits per heavy atom. The van der Waals surface area contributed by atoms with Crippen LogP contribution in [0, 0.1) is 11.3 Å². The van der Waals surface area contributed by atoms with Gasteiger partial charge in [-0.25, -0.2) is 0 Å². The fourth-order valence-electron chi connectivity index (χ4n) is 0.922. The maximum Gasteiger partial charge on any atom is 0.198 e. The van der Waals surface area contributed by atoms with Crippen LogP contribution in [-0.2, 0) is 5.41 Å². The summed E-state index contributed by atoms with van der Waals surface area (Å²) < 4.78 is 5.02. The first-order valence-corrected chi connectivity index (χ1v) is 4.32. The summed E-state index contributed by atoms with van der Waals surface area (Å²) in [6.07, 6.45) is -0.157. The lowest BCUT2D eigenvalue weighted by Gasteiger charge is -2.11. The van der Waals surface area contributed by atoms with Crippen molar-refractivity contribution >= 4 is 5.78 Å². The van der Waals surface area contributed by atoms with Crippen LogP contribution in [0.15, 0.2) is 10.6 Å². The molecule has 0 saturated carbocycles. The Bertz CT molecular complexity index is 380. The van der Waals surface area contributed by atoms with Crippen molar-refractivity contribution in [1.29, 1.82) is 5.26 Å². The average molecular weight is 192 g/mol. The second-order valence-electron chi connectivity index (χ2n) is 4.08. The van der Waals surface area contributed by atoms with Gasteiger partial charge in [0.15, 0.2) is 11.5 Å². The van der Waals surface area contributed by atoms with E-state index in [2.05, 4.69) is 5.16 Å². The molecular weight excluding hydrogens is 180 g/mol. The number of nitriles is 1. The molecule has 14 heavy (non-hydrogen) atoms. The standard InChI is InChI=1S/C10H12N2O2/c1-10(2,3)9-6-7(12-14-9)8(13)4-5-11/h6H,4H2,1-3H3. The highest BCUT2D eigenvalue weighted by atomic mass is 16.5. The van der Waals surface area contributed by atoms with Gasteiger partial charge >= 0.3 is 0 Å². The highest BCUT2D eigenvalue weighted by Gasteiger charge is 2.21. The second kappa shape index (κ2) is 3.62. The van der Waals surface area contributed by atoms with Gasteiger partial charge in [-0.2, -0.15) is 5.26 Å². The molecule has 0 atom stereocenters. The monoisotopic (exact) mass is 192 g/mol. The number of hydrogen-bond acceptors (Lipinski definition) is 4. The van der Waals surface area contributed by atoms with Crippen LogP contribution in [-0.4, -0.2) is 10.9 Å². The predicted molar refractivity (Wildman–Crippen MR) is 49.8 cm³/mol. The Morgan fingerprint density at radius 3 is 2.71 bits per heavy atom. The van der Waals surface area contributed by atoms with Crippen molar-refractivity contribution in [3.05, 3.63) is 17.5 Å². The molecule has 0 fully saturated rings. The van der Waals surface area contributed by atoms with Crippen LogP contribution in [0.5, 0.6) is 0 Å². The Balaban J connectivity index is 2.90. The molecule has 0 bridgehead atoms. The number of aromatic nitrogens is 1. The van der Waals surface area contributed by atoms with Crippen molar-refractivity contribution in [2.75, 3.05) is 0 Å². The van der Waals surface area contributed by atoms with Gasteiger partial charge in [0.1, 0.15) is 12.2 Å². The van der Waals surface area contributed by atoms with Crippen LogP contribution in [0.1, 0.15) is 43.4 Å². The molecule has 1 aromatic rings. The minimum Gasteiger partial charge on any atom is -0.360 e. The molecule has 4 heteroatoms. The molecule has 0 aliphatic heterocycles. The second-order valence-corrected chi connectivity index (χ2v) is 4.08. The zero-order chi connectivity index (χ0) is 10.8. The molecule has 1 rings (SSSR count). The minimum atomic E-state index is -0.299. The third-order valence-corrected chi connectivity index (χ3v) is 1.77. The Kier molecular flexibility index (Phi) is 2.70. The van der Waals surface area contributed by atoms with E-state index in [9.17, 15) is 4.79 Å². The van der Waals surface area contributed by atoms with Crippen molar-refractivity contribution in [3.8, 4) is 6.07 Å². The first kappa shape index (κ1) is 10.5. The summed E-state index contributed by atoms with van der Waals surface area (Å²) in [5, 5.41) is 12.0. The van der Waals surface area contributed by atoms with Crippen LogP contribution in [0.2, 0.25) is 0 Å². The summed E-state index contributed by atoms with van der Waals surface area (Å²) in [5.41, 5.74) is 0.0644. The van der Waals surface area contributed by atoms with Crippen LogP contribution in [0.4, 0.5) is 0 Å². The number of carbonyl (C=O) groups excluding carboxylic acids is 1. The largest absolute Gasteiger partial charge is 0.360 e. The number of rotatable bonds is 2. The maximum absolute atomic E-state index is 11.2. The summed E-state index contributed by atoms with van der Waals surface area (Å²) in [7, 11) is 0. The molecule has 4 nitrogen and oxygen atoms in total. The number of carbonyl (C=O) groups is 1. The summed E-state index contributed by atoms with van der Waals surface area (Å²) >= 11 is 0. The van der Waals surface area contributed by atoms with E-state index >= 15 is 0 Å². The van der Waals surface area contributed by atoms with Gasteiger partial charge in [0, 0.05) is 11.5 Å². The molecule has 74 valence electrons. The third kappa shape index (κ3) is 2.19. The molecule has 0 aliphatic carbocycles. The fourth-order valence-corrected chi connectivity index (χ4v) is 0.922. The highest BCUT2D eigenvalue weighted by Crippen LogP contribution is 2.22. The van der Waals surface area contributed by atoms with Gasteiger partial charge < -0.3 is 4.52 Å². The summed E-state index contributed by atoms with van der Waals surface area (Å²) in [5.74, 6) is 0.352. The van der Waals surface area contributed by atoms with Crippen LogP contribution in [0.25, 0.3) is 0 Å². The molecule has 0 spiro atoms. The van der Waals surface area contributed by atoms with Crippen LogP contribution in [0.3, 0.4) is 0 Å². The van der Waals surface area contributed by atoms with Gasteiger partial charge in [-0.05, 0) is 0 Å². The average Bonchev–Trinajstić information content (AvgIpc) is 2.51. The molecular formula is C10H12N2O2. The van der Waals surface area contributed by atoms with E-state index in [4.69, 9.17) is 9.78 Å². The Morgan fingerprint density at radius 2 is 2.29 bits per heavy atom. The number of hydrogen-bond donors (Lipinski definition) is 0. The SMILES string of the molecule is CC(C)(C)c1cc(C(=O)CC#N)no1. The van der Waals surface area contributed by atoms with Gasteiger partial charge in [-0.3, -0.25) is 4.79 Å². The lowest BCUT2D eigenvalue weighted by Crippen LogP contribution is -2.09. The Labute approximate surface area is 82.5 Å². The summed E-state index contributed by atoms with van der Waals surface area (Å²) in [6.45, 7) is 5.89. The third-order valence-electron chi connectivity index (χ3n) is 1.77. The summed E-state index contributed by atoms with van der Waals surface area (Å²) in [4.78, 5) is 11.2. The van der Waals surface area contributed by atoms with Crippen molar-refractivity contribution in [3.63, 3.8) is 0 Å². The lowest BCUT2D eigenvalue weighted by atomic mass is 9.93. The molecule has 1 aromatic heterocycles. The highest BCUT2D eigenvalue weighted by molar-refractivity contribution is 5.95. The first-order chi connectivity index (χ1) is 6.45. The van der Waals surface area contributed by atoms with E-state index in [1.165, 1.54) is 0 Å². The molecule has 0 unspecified atom stereocenters. The molecule has 0 aliphatic rings. The van der Waals surface area contributed by atoms with Crippen molar-refractivity contribution < 1.29 is 9.32 Å². The molecule has 0 radical (unpaired) electrons. The van der Waals surface area contributed by atoms with Gasteiger partial charge in [0.2, 0.25) is 0 Å². The fraction of sp³-hybridized carbons (Fsp3) is 0.500. The van der Waals surface area contributed by atoms with Crippen LogP contribution < -0.4 is 0 Å². The molecule has 0 saturated heterocycles. The Hall–Kier alpha value is -1.63. The van der Waals surface area contributed by atoms with Crippen molar-refractivity contribution in [2.45, 2.75) is 32.6 Å². The maximum atomic E-state index is 11.2. The molecule has 0 aromatic carbocycles. The van der Waals surface area contributed by atoms with Gasteiger partial charge in [-0.1, -0.05) is 25.9 Å². The zero-order valence-electron chi connectivity index (χ0n) is 8.50. The number of ketones is 1. The van der Waals surface area contributed by atoms with E-state index in [1.807, 2.05) is 20.8 Å². The van der Waals surface area contributed by atoms with Gasteiger partial charge in [0.05, 0.1) is 6.07 Å². The summed E-state index contributed by atoms with van der Waals surface area (Å²) in [6, 6.07) is 3.38. The lowest BCUT2D eigenvalue weighted by molar-refractivity contribution is 0.0989. The number of nitrogens with zero attached hydrogens (tertiary/aromatic N) is 2. The molecule has 0 amide bonds. The zero-order valence-corrected chi connectivity index (χ0v) is 8.50. The van der Waals surface area contributed by atoms with E-state index in [0.29, 0.717) is 5.76 Å². The quantitative estimate of drug-likeness (QED) is 0.672. The van der Waals surface area contributed by atoms with E-state index in [1.54, 1.807) is 12.1 Å². The number of Topliss-reactive ketones (excluding diaryl/α,β-unsaturated/α-hetero) is 1. The van der Waals surface area contributed by atoms with Crippen molar-refractivity contribution in [1.82, 2.24) is 5.16 Å². The predicted octanol–water partition coefficient (Wildman–Crippen LogP) is 2.07. The molecule has 1 heterocycles. The normalized spacial score (nSPS) is 11.0. The minimum absolute atomic E-state index is 0.157. The first-order valence-electron chi connectivity index (χ1n) is 4.32. The van der Waals surface area contributed by atoms with Crippen molar-refractivity contribution in [2.24, 2.45) is 0 Å². The van der Waals surface area contributed by atoms with Gasteiger partial charge in [0.25, 0.3) is 0 Å². The molecule has 0 N–H and O–H groups in total.